The number of hydrogen-bond acceptors (Lipinski definition) is 4. The molecule has 1 amide bonds. The fraction of sp³-hybridized carbons (Fsp3) is 0.111. The molecule has 2 rings (SSSR count). The first-order valence-electron chi connectivity index (χ1n) is 7.33. The van der Waals surface area contributed by atoms with Crippen molar-refractivity contribution in [2.75, 3.05) is 17.6 Å². The van der Waals surface area contributed by atoms with Gasteiger partial charge in [-0.2, -0.15) is 5.26 Å². The average Bonchev–Trinajstić information content (AvgIpc) is 2.57. The summed E-state index contributed by atoms with van der Waals surface area (Å²) in [5.41, 5.74) is 7.84. The second-order valence-electron chi connectivity index (χ2n) is 5.08. The molecule has 5 nitrogen and oxygen atoms in total. The van der Waals surface area contributed by atoms with Crippen LogP contribution >= 0.6 is 11.6 Å². The standard InChI is InChI=1S/C18H17ClN4O/c19-15-3-1-2-13(10-15)8-9-22-12-14(11-20)18(24)23-17-6-4-16(21)5-7-17/h1-7,10,12,22H,8-9,21H2,(H,23,24)/b14-12-. The highest BCUT2D eigenvalue weighted by Crippen LogP contribution is 2.12. The van der Waals surface area contributed by atoms with Crippen molar-refractivity contribution in [2.45, 2.75) is 6.42 Å². The molecule has 6 heteroatoms. The fourth-order valence-electron chi connectivity index (χ4n) is 2.00. The van der Waals surface area contributed by atoms with Crippen molar-refractivity contribution in [1.29, 1.82) is 5.26 Å². The van der Waals surface area contributed by atoms with E-state index >= 15 is 0 Å². The van der Waals surface area contributed by atoms with Crippen LogP contribution in [-0.4, -0.2) is 12.5 Å². The van der Waals surface area contributed by atoms with Crippen LogP contribution in [0.1, 0.15) is 5.56 Å². The molecule has 0 aliphatic rings. The Morgan fingerprint density at radius 1 is 1.25 bits per heavy atom. The molecule has 0 saturated heterocycles. The normalized spacial score (nSPS) is 10.8. The summed E-state index contributed by atoms with van der Waals surface area (Å²) in [6.07, 6.45) is 2.15. The van der Waals surface area contributed by atoms with Crippen molar-refractivity contribution in [3.05, 3.63) is 70.9 Å². The Bertz CT molecular complexity index is 778. The SMILES string of the molecule is N#C/C(=C/NCCc1cccc(Cl)c1)C(=O)Nc1ccc(N)cc1. The van der Waals surface area contributed by atoms with Gasteiger partial charge in [0.05, 0.1) is 0 Å². The lowest BCUT2D eigenvalue weighted by molar-refractivity contribution is -0.112. The van der Waals surface area contributed by atoms with Gasteiger partial charge in [0.2, 0.25) is 0 Å². The molecule has 0 unspecified atom stereocenters. The highest BCUT2D eigenvalue weighted by Gasteiger charge is 2.08. The third-order valence-electron chi connectivity index (χ3n) is 3.23. The lowest BCUT2D eigenvalue weighted by atomic mass is 10.1. The summed E-state index contributed by atoms with van der Waals surface area (Å²) in [4.78, 5) is 12.0. The number of nitrogen functional groups attached to an aromatic ring is 1. The largest absolute Gasteiger partial charge is 0.399 e. The quantitative estimate of drug-likeness (QED) is 0.326. The number of benzene rings is 2. The number of anilines is 2. The summed E-state index contributed by atoms with van der Waals surface area (Å²) in [5, 5.41) is 15.4. The van der Waals surface area contributed by atoms with E-state index in [2.05, 4.69) is 10.6 Å². The van der Waals surface area contributed by atoms with E-state index in [1.165, 1.54) is 6.20 Å². The van der Waals surface area contributed by atoms with Gasteiger partial charge in [-0.15, -0.1) is 0 Å². The van der Waals surface area contributed by atoms with Gasteiger partial charge in [0.25, 0.3) is 5.91 Å². The van der Waals surface area contributed by atoms with Gasteiger partial charge < -0.3 is 16.4 Å². The first-order chi connectivity index (χ1) is 11.6. The number of nitrogens with two attached hydrogens (primary N) is 1. The minimum absolute atomic E-state index is 0.00193. The predicted octanol–water partition coefficient (Wildman–Crippen LogP) is 3.10. The number of hydrogen-bond donors (Lipinski definition) is 3. The van der Waals surface area contributed by atoms with E-state index < -0.39 is 5.91 Å². The molecule has 0 aromatic heterocycles. The molecule has 0 aliphatic heterocycles. The predicted molar refractivity (Wildman–Crippen MR) is 96.3 cm³/mol. The summed E-state index contributed by atoms with van der Waals surface area (Å²) in [6.45, 7) is 0.584. The molecule has 0 fully saturated rings. The van der Waals surface area contributed by atoms with Crippen LogP contribution in [-0.2, 0) is 11.2 Å². The van der Waals surface area contributed by atoms with E-state index in [0.29, 0.717) is 22.9 Å². The van der Waals surface area contributed by atoms with E-state index in [9.17, 15) is 4.79 Å². The van der Waals surface area contributed by atoms with Crippen LogP contribution in [0.3, 0.4) is 0 Å². The van der Waals surface area contributed by atoms with Crippen LogP contribution in [0.4, 0.5) is 11.4 Å². The summed E-state index contributed by atoms with van der Waals surface area (Å²) in [6, 6.07) is 16.1. The van der Waals surface area contributed by atoms with Gasteiger partial charge in [-0.05, 0) is 48.4 Å². The van der Waals surface area contributed by atoms with E-state index in [4.69, 9.17) is 22.6 Å². The van der Waals surface area contributed by atoms with Crippen molar-refractivity contribution >= 4 is 28.9 Å². The fourth-order valence-corrected chi connectivity index (χ4v) is 2.21. The highest BCUT2D eigenvalue weighted by molar-refractivity contribution is 6.30. The number of halogens is 1. The molecule has 0 aliphatic carbocycles. The van der Waals surface area contributed by atoms with Gasteiger partial charge in [0.1, 0.15) is 11.6 Å². The molecule has 0 saturated carbocycles. The minimum Gasteiger partial charge on any atom is -0.399 e. The monoisotopic (exact) mass is 340 g/mol. The summed E-state index contributed by atoms with van der Waals surface area (Å²) >= 11 is 5.92. The van der Waals surface area contributed by atoms with Crippen LogP contribution in [0.25, 0.3) is 0 Å². The maximum absolute atomic E-state index is 12.0. The van der Waals surface area contributed by atoms with Crippen molar-refractivity contribution in [3.8, 4) is 6.07 Å². The van der Waals surface area contributed by atoms with Crippen molar-refractivity contribution < 1.29 is 4.79 Å². The lowest BCUT2D eigenvalue weighted by Gasteiger charge is -2.06. The van der Waals surface area contributed by atoms with E-state index in [-0.39, 0.29) is 5.57 Å². The molecule has 0 spiro atoms. The zero-order valence-electron chi connectivity index (χ0n) is 12.9. The van der Waals surface area contributed by atoms with Crippen LogP contribution in [0, 0.1) is 11.3 Å². The topological polar surface area (TPSA) is 90.9 Å². The second kappa shape index (κ2) is 8.61. The molecular weight excluding hydrogens is 324 g/mol. The summed E-state index contributed by atoms with van der Waals surface area (Å²) in [7, 11) is 0. The van der Waals surface area contributed by atoms with Gasteiger partial charge in [0, 0.05) is 29.1 Å². The number of rotatable bonds is 6. The lowest BCUT2D eigenvalue weighted by Crippen LogP contribution is -2.18. The average molecular weight is 341 g/mol. The summed E-state index contributed by atoms with van der Waals surface area (Å²) < 4.78 is 0. The Balaban J connectivity index is 1.87. The molecule has 4 N–H and O–H groups in total. The first-order valence-corrected chi connectivity index (χ1v) is 7.71. The van der Waals surface area contributed by atoms with Crippen molar-refractivity contribution in [2.24, 2.45) is 0 Å². The molecule has 0 heterocycles. The maximum atomic E-state index is 12.0. The van der Waals surface area contributed by atoms with Crippen LogP contribution in [0.2, 0.25) is 5.02 Å². The number of amides is 1. The van der Waals surface area contributed by atoms with Gasteiger partial charge in [-0.1, -0.05) is 23.7 Å². The zero-order valence-corrected chi connectivity index (χ0v) is 13.7. The highest BCUT2D eigenvalue weighted by atomic mass is 35.5. The molecule has 2 aromatic carbocycles. The van der Waals surface area contributed by atoms with Gasteiger partial charge >= 0.3 is 0 Å². The Hall–Kier alpha value is -2.97. The third kappa shape index (κ3) is 5.34. The zero-order chi connectivity index (χ0) is 17.4. The second-order valence-corrected chi connectivity index (χ2v) is 5.52. The van der Waals surface area contributed by atoms with Crippen LogP contribution in [0.15, 0.2) is 60.3 Å². The Kier molecular flexibility index (Phi) is 6.23. The summed E-state index contributed by atoms with van der Waals surface area (Å²) in [5.74, 6) is -0.475. The number of nitrogens with one attached hydrogen (secondary N) is 2. The Labute approximate surface area is 145 Å². The van der Waals surface area contributed by atoms with Crippen LogP contribution < -0.4 is 16.4 Å². The third-order valence-corrected chi connectivity index (χ3v) is 3.46. The van der Waals surface area contributed by atoms with E-state index in [1.807, 2.05) is 30.3 Å². The van der Waals surface area contributed by atoms with Gasteiger partial charge in [0.15, 0.2) is 0 Å². The number of nitriles is 1. The molecule has 0 bridgehead atoms. The molecule has 0 atom stereocenters. The number of carbonyl (C=O) groups is 1. The maximum Gasteiger partial charge on any atom is 0.267 e. The molecule has 24 heavy (non-hydrogen) atoms. The molecular formula is C18H17ClN4O. The van der Waals surface area contributed by atoms with E-state index in [0.717, 1.165) is 12.0 Å². The van der Waals surface area contributed by atoms with Crippen LogP contribution in [0.5, 0.6) is 0 Å². The Morgan fingerprint density at radius 2 is 2.00 bits per heavy atom. The molecule has 122 valence electrons. The van der Waals surface area contributed by atoms with E-state index in [1.54, 1.807) is 24.3 Å². The first kappa shape index (κ1) is 17.4. The van der Waals surface area contributed by atoms with Gasteiger partial charge in [-0.3, -0.25) is 4.79 Å². The smallest absolute Gasteiger partial charge is 0.267 e. The number of nitrogens with zero attached hydrogens (tertiary/aromatic N) is 1. The Morgan fingerprint density at radius 3 is 2.67 bits per heavy atom. The van der Waals surface area contributed by atoms with Crippen molar-refractivity contribution in [3.63, 3.8) is 0 Å². The minimum atomic E-state index is -0.475. The number of carbonyl (C=O) groups excluding carboxylic acids is 1. The van der Waals surface area contributed by atoms with Gasteiger partial charge in [-0.25, -0.2) is 0 Å². The molecule has 0 radical (unpaired) electrons. The van der Waals surface area contributed by atoms with Crippen molar-refractivity contribution in [1.82, 2.24) is 5.32 Å². The molecule has 2 aromatic rings.